The molecule has 0 aliphatic carbocycles. The van der Waals surface area contributed by atoms with Gasteiger partial charge in [0.2, 0.25) is 0 Å². The maximum absolute atomic E-state index is 14.8. The minimum atomic E-state index is -3.95. The van der Waals surface area contributed by atoms with Crippen LogP contribution in [0.5, 0.6) is 11.5 Å². The highest BCUT2D eigenvalue weighted by molar-refractivity contribution is 7.92. The fraction of sp³-hybridized carbons (Fsp3) is 0.217. The molecule has 2 aromatic carbocycles. The number of anilines is 1. The molecule has 0 saturated carbocycles. The number of hydrogen-bond donors (Lipinski definition) is 1. The van der Waals surface area contributed by atoms with Crippen LogP contribution in [0.2, 0.25) is 0 Å². The number of nitrogens with one attached hydrogen (secondary N) is 1. The van der Waals surface area contributed by atoms with Gasteiger partial charge in [0.1, 0.15) is 10.7 Å². The summed E-state index contributed by atoms with van der Waals surface area (Å²) in [6.07, 6.45) is 4.73. The van der Waals surface area contributed by atoms with Crippen molar-refractivity contribution in [3.05, 3.63) is 71.9 Å². The molecule has 0 unspecified atom stereocenters. The van der Waals surface area contributed by atoms with E-state index < -0.39 is 15.8 Å². The monoisotopic (exact) mass is 470 g/mol. The van der Waals surface area contributed by atoms with Gasteiger partial charge in [-0.3, -0.25) is 14.4 Å². The van der Waals surface area contributed by atoms with E-state index in [0.29, 0.717) is 30.0 Å². The van der Waals surface area contributed by atoms with Gasteiger partial charge in [-0.15, -0.1) is 0 Å². The average Bonchev–Trinajstić information content (AvgIpc) is 3.30. The summed E-state index contributed by atoms with van der Waals surface area (Å²) in [6, 6.07) is 9.90. The Kier molecular flexibility index (Phi) is 6.19. The first kappa shape index (κ1) is 22.5. The number of aromatic nitrogens is 3. The Hall–Kier alpha value is -3.66. The lowest BCUT2D eigenvalue weighted by molar-refractivity contribution is 0.356. The smallest absolute Gasteiger partial charge is 0.265 e. The number of halogens is 1. The zero-order chi connectivity index (χ0) is 23.6. The highest BCUT2D eigenvalue weighted by Gasteiger charge is 2.19. The lowest BCUT2D eigenvalue weighted by Crippen LogP contribution is -2.13. The van der Waals surface area contributed by atoms with E-state index in [1.54, 1.807) is 32.5 Å². The molecule has 4 rings (SSSR count). The Labute approximate surface area is 191 Å². The first-order valence-corrected chi connectivity index (χ1v) is 11.7. The van der Waals surface area contributed by atoms with Crippen molar-refractivity contribution in [3.8, 4) is 11.5 Å². The zero-order valence-corrected chi connectivity index (χ0v) is 19.2. The van der Waals surface area contributed by atoms with Gasteiger partial charge in [-0.1, -0.05) is 6.07 Å². The van der Waals surface area contributed by atoms with Crippen LogP contribution < -0.4 is 14.2 Å². The lowest BCUT2D eigenvalue weighted by atomic mass is 10.0. The highest BCUT2D eigenvalue weighted by Crippen LogP contribution is 2.33. The number of rotatable bonds is 8. The van der Waals surface area contributed by atoms with Crippen molar-refractivity contribution in [2.75, 3.05) is 18.9 Å². The summed E-state index contributed by atoms with van der Waals surface area (Å²) in [7, 11) is -0.832. The van der Waals surface area contributed by atoms with Crippen molar-refractivity contribution in [2.24, 2.45) is 0 Å². The van der Waals surface area contributed by atoms with Crippen molar-refractivity contribution in [2.45, 2.75) is 24.8 Å². The molecule has 33 heavy (non-hydrogen) atoms. The van der Waals surface area contributed by atoms with Crippen LogP contribution in [0.25, 0.3) is 10.9 Å². The van der Waals surface area contributed by atoms with E-state index in [0.717, 1.165) is 16.5 Å². The molecule has 0 saturated heterocycles. The van der Waals surface area contributed by atoms with Crippen LogP contribution in [0.15, 0.2) is 59.9 Å². The van der Waals surface area contributed by atoms with Gasteiger partial charge in [0.05, 0.1) is 31.6 Å². The second-order valence-electron chi connectivity index (χ2n) is 7.32. The number of ether oxygens (including phenoxy) is 2. The van der Waals surface area contributed by atoms with Gasteiger partial charge in [-0.05, 0) is 48.7 Å². The number of aryl methyl sites for hydroxylation is 1. The van der Waals surface area contributed by atoms with E-state index in [1.165, 1.54) is 29.2 Å². The molecule has 0 radical (unpaired) electrons. The first-order chi connectivity index (χ1) is 15.8. The van der Waals surface area contributed by atoms with Gasteiger partial charge in [0.15, 0.2) is 11.5 Å². The van der Waals surface area contributed by atoms with Crippen LogP contribution in [0.3, 0.4) is 0 Å². The molecule has 0 bridgehead atoms. The predicted molar refractivity (Wildman–Crippen MR) is 123 cm³/mol. The molecular weight excluding hydrogens is 447 g/mol. The van der Waals surface area contributed by atoms with Crippen LogP contribution in [-0.2, 0) is 23.0 Å². The van der Waals surface area contributed by atoms with Crippen molar-refractivity contribution < 1.29 is 22.3 Å². The molecule has 4 aromatic rings. The summed E-state index contributed by atoms with van der Waals surface area (Å²) in [4.78, 5) is 4.36. The van der Waals surface area contributed by atoms with Gasteiger partial charge in [-0.25, -0.2) is 12.8 Å². The van der Waals surface area contributed by atoms with Gasteiger partial charge >= 0.3 is 0 Å². The number of hydrogen-bond acceptors (Lipinski definition) is 6. The number of benzene rings is 2. The maximum Gasteiger partial charge on any atom is 0.265 e. The second-order valence-corrected chi connectivity index (χ2v) is 9.01. The van der Waals surface area contributed by atoms with Crippen LogP contribution in [0.4, 0.5) is 10.1 Å². The Morgan fingerprint density at radius 3 is 2.52 bits per heavy atom. The molecule has 0 aliphatic heterocycles. The summed E-state index contributed by atoms with van der Waals surface area (Å²) in [5, 5.41) is 4.81. The molecule has 0 fully saturated rings. The molecule has 0 amide bonds. The van der Waals surface area contributed by atoms with E-state index in [2.05, 4.69) is 14.8 Å². The number of methoxy groups -OCH3 is 2. The molecule has 2 aromatic heterocycles. The van der Waals surface area contributed by atoms with Crippen LogP contribution >= 0.6 is 0 Å². The second kappa shape index (κ2) is 9.07. The van der Waals surface area contributed by atoms with Gasteiger partial charge in [0.25, 0.3) is 10.0 Å². The summed E-state index contributed by atoms with van der Waals surface area (Å²) < 4.78 is 54.4. The number of pyridine rings is 1. The van der Waals surface area contributed by atoms with Crippen molar-refractivity contribution >= 4 is 26.6 Å². The zero-order valence-electron chi connectivity index (χ0n) is 18.4. The molecule has 172 valence electrons. The summed E-state index contributed by atoms with van der Waals surface area (Å²) in [5.41, 5.74) is 2.19. The van der Waals surface area contributed by atoms with E-state index >= 15 is 0 Å². The average molecular weight is 471 g/mol. The van der Waals surface area contributed by atoms with Crippen molar-refractivity contribution in [1.29, 1.82) is 0 Å². The van der Waals surface area contributed by atoms with Crippen LogP contribution in [0.1, 0.15) is 18.1 Å². The van der Waals surface area contributed by atoms with E-state index in [4.69, 9.17) is 9.47 Å². The maximum atomic E-state index is 14.8. The predicted octanol–water partition coefficient (Wildman–Crippen LogP) is 4.00. The third-order valence-corrected chi connectivity index (χ3v) is 6.57. The third kappa shape index (κ3) is 4.61. The fourth-order valence-electron chi connectivity index (χ4n) is 3.51. The van der Waals surface area contributed by atoms with Crippen LogP contribution in [-0.4, -0.2) is 37.4 Å². The van der Waals surface area contributed by atoms with E-state index in [1.807, 2.05) is 19.1 Å². The Balaban J connectivity index is 1.61. The quantitative estimate of drug-likeness (QED) is 0.418. The van der Waals surface area contributed by atoms with E-state index in [9.17, 15) is 12.8 Å². The van der Waals surface area contributed by atoms with Crippen molar-refractivity contribution in [1.82, 2.24) is 14.8 Å². The first-order valence-electron chi connectivity index (χ1n) is 10.2. The van der Waals surface area contributed by atoms with Gasteiger partial charge < -0.3 is 9.47 Å². The molecule has 1 N–H and O–H groups in total. The number of sulfonamides is 1. The summed E-state index contributed by atoms with van der Waals surface area (Å²) >= 11 is 0. The molecule has 0 aliphatic rings. The SMILES string of the molecule is CCn1cc(S(=O)(=O)Nc2ccc(Cc3ccnc4cc(OC)c(OC)cc34)cc2F)cn1. The topological polar surface area (TPSA) is 95.3 Å². The summed E-state index contributed by atoms with van der Waals surface area (Å²) in [6.45, 7) is 2.37. The van der Waals surface area contributed by atoms with Gasteiger partial charge in [0, 0.05) is 30.4 Å². The van der Waals surface area contributed by atoms with Crippen molar-refractivity contribution in [3.63, 3.8) is 0 Å². The number of nitrogens with zero attached hydrogens (tertiary/aromatic N) is 3. The fourth-order valence-corrected chi connectivity index (χ4v) is 4.53. The Bertz CT molecular complexity index is 1420. The lowest BCUT2D eigenvalue weighted by Gasteiger charge is -2.12. The molecule has 10 heteroatoms. The highest BCUT2D eigenvalue weighted by atomic mass is 32.2. The van der Waals surface area contributed by atoms with Gasteiger partial charge in [-0.2, -0.15) is 5.10 Å². The molecule has 0 atom stereocenters. The standard InChI is InChI=1S/C23H23FN4O4S/c1-4-28-14-17(13-26-28)33(29,30)27-20-6-5-15(10-19(20)24)9-16-7-8-25-21-12-23(32-3)22(31-2)11-18(16)21/h5-8,10-14,27H,4,9H2,1-3H3. The third-order valence-electron chi connectivity index (χ3n) is 5.25. The normalized spacial score (nSPS) is 11.5. The largest absolute Gasteiger partial charge is 0.493 e. The Morgan fingerprint density at radius 1 is 1.09 bits per heavy atom. The molecule has 8 nitrogen and oxygen atoms in total. The molecule has 0 spiro atoms. The Morgan fingerprint density at radius 2 is 1.85 bits per heavy atom. The molecular formula is C23H23FN4O4S. The minimum Gasteiger partial charge on any atom is -0.493 e. The minimum absolute atomic E-state index is 0.0274. The van der Waals surface area contributed by atoms with E-state index in [-0.39, 0.29) is 10.6 Å². The number of fused-ring (bicyclic) bond motifs is 1. The van der Waals surface area contributed by atoms with Crippen LogP contribution in [0, 0.1) is 5.82 Å². The molecule has 2 heterocycles. The summed E-state index contributed by atoms with van der Waals surface area (Å²) in [5.74, 6) is 0.472.